The molecule has 0 bridgehead atoms. The lowest BCUT2D eigenvalue weighted by molar-refractivity contribution is -0.137. The van der Waals surface area contributed by atoms with E-state index in [-0.39, 0.29) is 18.2 Å². The lowest BCUT2D eigenvalue weighted by atomic mass is 10.0. The number of carboxylic acids is 1. The molecule has 1 aliphatic rings. The molecule has 1 fully saturated rings. The van der Waals surface area contributed by atoms with Crippen molar-refractivity contribution in [3.05, 3.63) is 82.8 Å². The van der Waals surface area contributed by atoms with Gasteiger partial charge in [-0.3, -0.25) is 19.1 Å². The highest BCUT2D eigenvalue weighted by atomic mass is 16.4. The van der Waals surface area contributed by atoms with E-state index in [9.17, 15) is 14.4 Å². The van der Waals surface area contributed by atoms with Crippen LogP contribution in [0.3, 0.4) is 0 Å². The summed E-state index contributed by atoms with van der Waals surface area (Å²) >= 11 is 0. The Balaban J connectivity index is 1.40. The van der Waals surface area contributed by atoms with Crippen molar-refractivity contribution in [1.29, 1.82) is 0 Å². The lowest BCUT2D eigenvalue weighted by Crippen LogP contribution is -2.35. The fourth-order valence-electron chi connectivity index (χ4n) is 5.75. The maximum atomic E-state index is 13.7. The van der Waals surface area contributed by atoms with Crippen molar-refractivity contribution >= 4 is 34.4 Å². The predicted octanol–water partition coefficient (Wildman–Crippen LogP) is 5.74. The van der Waals surface area contributed by atoms with Crippen LogP contribution in [0.5, 0.6) is 0 Å². The van der Waals surface area contributed by atoms with Gasteiger partial charge in [0, 0.05) is 54.1 Å². The standard InChI is InChI=1S/C33H39N5O4/c1-22-18-34-37(19-22)21-25-10-11-26(8-7-9-31(39)40)29(16-25)35-32(41)24(3)38-20-23(2)28-13-12-27(17-30(28)38)33(42)36-14-5-4-6-15-36/h10-13,16-20,24H,4-9,14-15,21H2,1-3H3,(H,35,41)(H,39,40). The zero-order chi connectivity index (χ0) is 29.8. The summed E-state index contributed by atoms with van der Waals surface area (Å²) in [5.41, 5.74) is 6.13. The summed E-state index contributed by atoms with van der Waals surface area (Å²) < 4.78 is 3.79. The lowest BCUT2D eigenvalue weighted by Gasteiger charge is -2.26. The van der Waals surface area contributed by atoms with Gasteiger partial charge in [-0.1, -0.05) is 18.2 Å². The van der Waals surface area contributed by atoms with Crippen LogP contribution in [0.25, 0.3) is 10.9 Å². The van der Waals surface area contributed by atoms with Crippen molar-refractivity contribution in [3.8, 4) is 0 Å². The third kappa shape index (κ3) is 6.56. The molecule has 2 N–H and O–H groups in total. The Morgan fingerprint density at radius 1 is 1.02 bits per heavy atom. The van der Waals surface area contributed by atoms with Gasteiger partial charge in [-0.25, -0.2) is 0 Å². The van der Waals surface area contributed by atoms with Crippen molar-refractivity contribution in [2.75, 3.05) is 18.4 Å². The predicted molar refractivity (Wildman–Crippen MR) is 163 cm³/mol. The molecule has 2 amide bonds. The van der Waals surface area contributed by atoms with E-state index < -0.39 is 12.0 Å². The van der Waals surface area contributed by atoms with Crippen LogP contribution in [0.2, 0.25) is 0 Å². The second-order valence-corrected chi connectivity index (χ2v) is 11.4. The summed E-state index contributed by atoms with van der Waals surface area (Å²) in [6.07, 6.45) is 10.0. The average Bonchev–Trinajstić information content (AvgIpc) is 3.55. The van der Waals surface area contributed by atoms with Crippen LogP contribution in [0, 0.1) is 13.8 Å². The number of piperidine rings is 1. The first-order chi connectivity index (χ1) is 20.2. The average molecular weight is 570 g/mol. The monoisotopic (exact) mass is 569 g/mol. The number of carboxylic acid groups (broad SMARTS) is 1. The molecule has 9 heteroatoms. The highest BCUT2D eigenvalue weighted by Crippen LogP contribution is 2.28. The minimum absolute atomic E-state index is 0.0364. The number of benzene rings is 2. The molecular formula is C33H39N5O4. The second-order valence-electron chi connectivity index (χ2n) is 11.4. The van der Waals surface area contributed by atoms with Crippen LogP contribution in [-0.4, -0.2) is 55.2 Å². The van der Waals surface area contributed by atoms with E-state index in [0.29, 0.717) is 30.6 Å². The van der Waals surface area contributed by atoms with E-state index in [2.05, 4.69) is 10.4 Å². The second kappa shape index (κ2) is 12.6. The molecule has 0 aliphatic carbocycles. The quantitative estimate of drug-likeness (QED) is 0.253. The van der Waals surface area contributed by atoms with Crippen LogP contribution >= 0.6 is 0 Å². The van der Waals surface area contributed by atoms with Crippen LogP contribution < -0.4 is 5.32 Å². The number of amides is 2. The zero-order valence-electron chi connectivity index (χ0n) is 24.6. The van der Waals surface area contributed by atoms with Gasteiger partial charge in [0.15, 0.2) is 0 Å². The van der Waals surface area contributed by atoms with E-state index >= 15 is 0 Å². The van der Waals surface area contributed by atoms with Gasteiger partial charge in [-0.2, -0.15) is 5.10 Å². The Morgan fingerprint density at radius 2 is 1.81 bits per heavy atom. The molecule has 3 heterocycles. The number of likely N-dealkylation sites (tertiary alicyclic amines) is 1. The number of aryl methyl sites for hydroxylation is 3. The zero-order valence-corrected chi connectivity index (χ0v) is 24.6. The van der Waals surface area contributed by atoms with Crippen LogP contribution in [-0.2, 0) is 22.6 Å². The normalized spacial score (nSPS) is 14.2. The van der Waals surface area contributed by atoms with Gasteiger partial charge in [0.05, 0.1) is 12.7 Å². The first-order valence-corrected chi connectivity index (χ1v) is 14.7. The third-order valence-corrected chi connectivity index (χ3v) is 8.10. The topological polar surface area (TPSA) is 109 Å². The van der Waals surface area contributed by atoms with Crippen molar-refractivity contribution in [1.82, 2.24) is 19.2 Å². The molecule has 5 rings (SSSR count). The number of carbonyl (C=O) groups excluding carboxylic acids is 2. The molecule has 1 atom stereocenters. The highest BCUT2D eigenvalue weighted by molar-refractivity contribution is 6.00. The van der Waals surface area contributed by atoms with Gasteiger partial charge in [0.1, 0.15) is 6.04 Å². The fraction of sp³-hybridized carbons (Fsp3) is 0.394. The summed E-state index contributed by atoms with van der Waals surface area (Å²) in [6.45, 7) is 7.97. The van der Waals surface area contributed by atoms with E-state index in [1.165, 1.54) is 0 Å². The molecule has 0 radical (unpaired) electrons. The van der Waals surface area contributed by atoms with Crippen molar-refractivity contribution in [2.24, 2.45) is 0 Å². The summed E-state index contributed by atoms with van der Waals surface area (Å²) in [7, 11) is 0. The first-order valence-electron chi connectivity index (χ1n) is 14.7. The Hall–Kier alpha value is -4.40. The number of nitrogens with zero attached hydrogens (tertiary/aromatic N) is 4. The van der Waals surface area contributed by atoms with Gasteiger partial charge in [0.25, 0.3) is 5.91 Å². The van der Waals surface area contributed by atoms with Crippen molar-refractivity contribution in [3.63, 3.8) is 0 Å². The Labute approximate surface area is 246 Å². The summed E-state index contributed by atoms with van der Waals surface area (Å²) in [5.74, 6) is -0.992. The van der Waals surface area contributed by atoms with Gasteiger partial charge < -0.3 is 19.9 Å². The molecule has 2 aromatic heterocycles. The summed E-state index contributed by atoms with van der Waals surface area (Å²) in [4.78, 5) is 40.0. The van der Waals surface area contributed by atoms with Crippen LogP contribution in [0.1, 0.15) is 77.7 Å². The van der Waals surface area contributed by atoms with E-state index in [4.69, 9.17) is 5.11 Å². The van der Waals surface area contributed by atoms with Gasteiger partial charge in [-0.15, -0.1) is 0 Å². The smallest absolute Gasteiger partial charge is 0.303 e. The number of anilines is 1. The van der Waals surface area contributed by atoms with E-state index in [0.717, 1.165) is 65.5 Å². The summed E-state index contributed by atoms with van der Waals surface area (Å²) in [6, 6.07) is 11.1. The van der Waals surface area contributed by atoms with Crippen molar-refractivity contribution < 1.29 is 19.5 Å². The Bertz CT molecular complexity index is 1610. The minimum atomic E-state index is -0.840. The number of hydrogen-bond donors (Lipinski definition) is 2. The SMILES string of the molecule is Cc1cnn(Cc2ccc(CCCC(=O)O)c(NC(=O)C(C)n3cc(C)c4ccc(C(=O)N5CCCCC5)cc43)c2)c1. The van der Waals surface area contributed by atoms with Crippen molar-refractivity contribution in [2.45, 2.75) is 71.9 Å². The number of aliphatic carboxylic acids is 1. The first kappa shape index (κ1) is 29.1. The molecule has 1 unspecified atom stereocenters. The number of fused-ring (bicyclic) bond motifs is 1. The highest BCUT2D eigenvalue weighted by Gasteiger charge is 2.23. The fourth-order valence-corrected chi connectivity index (χ4v) is 5.75. The molecule has 4 aromatic rings. The number of hydrogen-bond acceptors (Lipinski definition) is 4. The van der Waals surface area contributed by atoms with E-state index in [1.807, 2.05) is 83.7 Å². The van der Waals surface area contributed by atoms with E-state index in [1.54, 1.807) is 6.20 Å². The maximum absolute atomic E-state index is 13.7. The number of carbonyl (C=O) groups is 3. The van der Waals surface area contributed by atoms with Gasteiger partial charge in [0.2, 0.25) is 5.91 Å². The molecule has 2 aromatic carbocycles. The summed E-state index contributed by atoms with van der Waals surface area (Å²) in [5, 5.41) is 17.6. The minimum Gasteiger partial charge on any atom is -0.481 e. The van der Waals surface area contributed by atoms with Crippen LogP contribution in [0.4, 0.5) is 5.69 Å². The molecule has 0 spiro atoms. The van der Waals surface area contributed by atoms with Gasteiger partial charge >= 0.3 is 5.97 Å². The third-order valence-electron chi connectivity index (χ3n) is 8.10. The molecule has 0 saturated carbocycles. The Kier molecular flexibility index (Phi) is 8.75. The molecule has 42 heavy (non-hydrogen) atoms. The number of aromatic nitrogens is 3. The molecule has 220 valence electrons. The molecule has 9 nitrogen and oxygen atoms in total. The number of rotatable bonds is 10. The largest absolute Gasteiger partial charge is 0.481 e. The molecule has 1 saturated heterocycles. The molecular weight excluding hydrogens is 530 g/mol. The van der Waals surface area contributed by atoms with Crippen LogP contribution in [0.15, 0.2) is 55.0 Å². The Morgan fingerprint density at radius 3 is 2.52 bits per heavy atom. The van der Waals surface area contributed by atoms with Gasteiger partial charge in [-0.05, 0) is 93.3 Å². The number of nitrogens with one attached hydrogen (secondary N) is 1. The maximum Gasteiger partial charge on any atom is 0.303 e. The molecule has 1 aliphatic heterocycles.